The van der Waals surface area contributed by atoms with Gasteiger partial charge in [0.25, 0.3) is 11.8 Å². The number of benzene rings is 1. The lowest BCUT2D eigenvalue weighted by Crippen LogP contribution is -2.23. The Morgan fingerprint density at radius 1 is 1.40 bits per heavy atom. The van der Waals surface area contributed by atoms with Crippen molar-refractivity contribution >= 4 is 11.8 Å². The van der Waals surface area contributed by atoms with Crippen molar-refractivity contribution in [3.8, 4) is 5.75 Å². The standard InChI is InChI=1S/C10H12N2O3/c1-12-10(14)7-4-2-3-5-8(7)15-6-9(11)13/h2-5H,6H2,1H3,(H2,11,13)(H,12,14). The smallest absolute Gasteiger partial charge is 0.255 e. The monoisotopic (exact) mass is 208 g/mol. The zero-order chi connectivity index (χ0) is 11.3. The van der Waals surface area contributed by atoms with Gasteiger partial charge < -0.3 is 15.8 Å². The molecule has 5 heteroatoms. The van der Waals surface area contributed by atoms with Gasteiger partial charge in [-0.15, -0.1) is 0 Å². The summed E-state index contributed by atoms with van der Waals surface area (Å²) in [6, 6.07) is 6.63. The summed E-state index contributed by atoms with van der Waals surface area (Å²) in [5, 5.41) is 2.47. The van der Waals surface area contributed by atoms with Crippen LogP contribution in [0.25, 0.3) is 0 Å². The van der Waals surface area contributed by atoms with E-state index in [4.69, 9.17) is 10.5 Å². The molecule has 0 radical (unpaired) electrons. The van der Waals surface area contributed by atoms with Crippen molar-refractivity contribution in [2.45, 2.75) is 0 Å². The topological polar surface area (TPSA) is 81.4 Å². The minimum Gasteiger partial charge on any atom is -0.483 e. The predicted molar refractivity (Wildman–Crippen MR) is 54.5 cm³/mol. The highest BCUT2D eigenvalue weighted by molar-refractivity contribution is 5.96. The highest BCUT2D eigenvalue weighted by atomic mass is 16.5. The molecule has 5 nitrogen and oxygen atoms in total. The van der Waals surface area contributed by atoms with Crippen LogP contribution in [0.15, 0.2) is 24.3 Å². The fourth-order valence-electron chi connectivity index (χ4n) is 1.06. The van der Waals surface area contributed by atoms with Crippen molar-refractivity contribution in [3.63, 3.8) is 0 Å². The number of amides is 2. The van der Waals surface area contributed by atoms with Gasteiger partial charge in [-0.05, 0) is 12.1 Å². The minimum absolute atomic E-state index is 0.242. The Hall–Kier alpha value is -2.04. The number of carbonyl (C=O) groups excluding carboxylic acids is 2. The van der Waals surface area contributed by atoms with Crippen LogP contribution in [0.5, 0.6) is 5.75 Å². The van der Waals surface area contributed by atoms with Gasteiger partial charge in [0.15, 0.2) is 6.61 Å². The zero-order valence-corrected chi connectivity index (χ0v) is 8.32. The van der Waals surface area contributed by atoms with Gasteiger partial charge in [-0.1, -0.05) is 12.1 Å². The molecule has 1 rings (SSSR count). The number of nitrogens with two attached hydrogens (primary N) is 1. The molecular formula is C10H12N2O3. The molecule has 1 aromatic carbocycles. The maximum absolute atomic E-state index is 11.4. The summed E-state index contributed by atoms with van der Waals surface area (Å²) in [5.41, 5.74) is 5.31. The first-order valence-electron chi connectivity index (χ1n) is 4.37. The summed E-state index contributed by atoms with van der Waals surface area (Å²) in [6.45, 7) is -0.242. The Morgan fingerprint density at radius 2 is 2.07 bits per heavy atom. The maximum atomic E-state index is 11.4. The van der Waals surface area contributed by atoms with E-state index < -0.39 is 5.91 Å². The molecule has 0 heterocycles. The van der Waals surface area contributed by atoms with E-state index in [0.717, 1.165) is 0 Å². The molecule has 0 unspecified atom stereocenters. The molecule has 80 valence electrons. The van der Waals surface area contributed by atoms with Crippen molar-refractivity contribution in [1.82, 2.24) is 5.32 Å². The number of carbonyl (C=O) groups is 2. The molecule has 0 aliphatic heterocycles. The Kier molecular flexibility index (Phi) is 3.68. The molecule has 0 aliphatic rings. The third kappa shape index (κ3) is 2.98. The highest BCUT2D eigenvalue weighted by Gasteiger charge is 2.10. The normalized spacial score (nSPS) is 9.40. The first-order chi connectivity index (χ1) is 7.15. The number of ether oxygens (including phenoxy) is 1. The molecule has 0 bridgehead atoms. The fraction of sp³-hybridized carbons (Fsp3) is 0.200. The summed E-state index contributed by atoms with van der Waals surface area (Å²) in [7, 11) is 1.52. The van der Waals surface area contributed by atoms with Crippen LogP contribution >= 0.6 is 0 Å². The lowest BCUT2D eigenvalue weighted by Gasteiger charge is -2.08. The highest BCUT2D eigenvalue weighted by Crippen LogP contribution is 2.17. The van der Waals surface area contributed by atoms with Crippen LogP contribution in [0.3, 0.4) is 0 Å². The second-order valence-corrected chi connectivity index (χ2v) is 2.83. The summed E-state index contributed by atoms with van der Waals surface area (Å²) in [5.74, 6) is -0.507. The second kappa shape index (κ2) is 4.99. The van der Waals surface area contributed by atoms with Gasteiger partial charge in [-0.2, -0.15) is 0 Å². The van der Waals surface area contributed by atoms with Gasteiger partial charge in [-0.25, -0.2) is 0 Å². The molecule has 0 fully saturated rings. The van der Waals surface area contributed by atoms with E-state index in [1.807, 2.05) is 0 Å². The number of hydrogen-bond acceptors (Lipinski definition) is 3. The molecule has 0 spiro atoms. The summed E-state index contributed by atoms with van der Waals surface area (Å²) in [4.78, 5) is 21.9. The second-order valence-electron chi connectivity index (χ2n) is 2.83. The number of hydrogen-bond donors (Lipinski definition) is 2. The average molecular weight is 208 g/mol. The number of primary amides is 1. The average Bonchev–Trinajstić information content (AvgIpc) is 2.25. The van der Waals surface area contributed by atoms with Crippen LogP contribution in [-0.2, 0) is 4.79 Å². The summed E-state index contributed by atoms with van der Waals surface area (Å²) in [6.07, 6.45) is 0. The molecule has 0 saturated heterocycles. The lowest BCUT2D eigenvalue weighted by atomic mass is 10.2. The van der Waals surface area contributed by atoms with Gasteiger partial charge >= 0.3 is 0 Å². The van der Waals surface area contributed by atoms with Crippen LogP contribution in [0.1, 0.15) is 10.4 Å². The van der Waals surface area contributed by atoms with E-state index in [1.54, 1.807) is 24.3 Å². The Balaban J connectivity index is 2.86. The van der Waals surface area contributed by atoms with Crippen molar-refractivity contribution in [2.24, 2.45) is 5.73 Å². The van der Waals surface area contributed by atoms with E-state index in [2.05, 4.69) is 5.32 Å². The number of nitrogens with one attached hydrogen (secondary N) is 1. The Labute approximate surface area is 87.2 Å². The van der Waals surface area contributed by atoms with Crippen LogP contribution in [0.4, 0.5) is 0 Å². The van der Waals surface area contributed by atoms with E-state index in [9.17, 15) is 9.59 Å². The molecule has 0 atom stereocenters. The summed E-state index contributed by atoms with van der Waals surface area (Å²) < 4.78 is 5.09. The van der Waals surface area contributed by atoms with Crippen molar-refractivity contribution in [1.29, 1.82) is 0 Å². The van der Waals surface area contributed by atoms with Crippen LogP contribution in [0.2, 0.25) is 0 Å². The van der Waals surface area contributed by atoms with Crippen LogP contribution in [-0.4, -0.2) is 25.5 Å². The number of rotatable bonds is 4. The Morgan fingerprint density at radius 3 is 2.67 bits per heavy atom. The van der Waals surface area contributed by atoms with Crippen molar-refractivity contribution in [2.75, 3.05) is 13.7 Å². The first kappa shape index (κ1) is 11.0. The van der Waals surface area contributed by atoms with Crippen LogP contribution < -0.4 is 15.8 Å². The molecule has 3 N–H and O–H groups in total. The molecule has 2 amide bonds. The molecule has 0 aromatic heterocycles. The molecule has 0 saturated carbocycles. The van der Waals surface area contributed by atoms with E-state index in [1.165, 1.54) is 7.05 Å². The SMILES string of the molecule is CNC(=O)c1ccccc1OCC(N)=O. The third-order valence-electron chi connectivity index (χ3n) is 1.73. The largest absolute Gasteiger partial charge is 0.483 e. The Bertz CT molecular complexity index is 377. The van der Waals surface area contributed by atoms with Crippen molar-refractivity contribution < 1.29 is 14.3 Å². The van der Waals surface area contributed by atoms with Gasteiger partial charge in [0.2, 0.25) is 0 Å². The molecule has 15 heavy (non-hydrogen) atoms. The van der Waals surface area contributed by atoms with Crippen LogP contribution in [0, 0.1) is 0 Å². The van der Waals surface area contributed by atoms with Gasteiger partial charge in [-0.3, -0.25) is 9.59 Å². The predicted octanol–water partition coefficient (Wildman–Crippen LogP) is -0.0897. The lowest BCUT2D eigenvalue weighted by molar-refractivity contribution is -0.119. The van der Waals surface area contributed by atoms with Crippen molar-refractivity contribution in [3.05, 3.63) is 29.8 Å². The molecule has 0 aliphatic carbocycles. The van der Waals surface area contributed by atoms with Gasteiger partial charge in [0.1, 0.15) is 5.75 Å². The van der Waals surface area contributed by atoms with Gasteiger partial charge in [0, 0.05) is 7.05 Å². The zero-order valence-electron chi connectivity index (χ0n) is 8.32. The quantitative estimate of drug-likeness (QED) is 0.725. The maximum Gasteiger partial charge on any atom is 0.255 e. The number of para-hydroxylation sites is 1. The summed E-state index contributed by atoms with van der Waals surface area (Å²) >= 11 is 0. The molecular weight excluding hydrogens is 196 g/mol. The van der Waals surface area contributed by atoms with Gasteiger partial charge in [0.05, 0.1) is 5.56 Å². The minimum atomic E-state index is -0.582. The van der Waals surface area contributed by atoms with E-state index >= 15 is 0 Å². The molecule has 1 aromatic rings. The first-order valence-corrected chi connectivity index (χ1v) is 4.37. The van der Waals surface area contributed by atoms with E-state index in [-0.39, 0.29) is 12.5 Å². The van der Waals surface area contributed by atoms with E-state index in [0.29, 0.717) is 11.3 Å². The third-order valence-corrected chi connectivity index (χ3v) is 1.73. The fourth-order valence-corrected chi connectivity index (χ4v) is 1.06.